The number of rotatable bonds is 5. The van der Waals surface area contributed by atoms with Crippen LogP contribution in [0.1, 0.15) is 82.8 Å². The van der Waals surface area contributed by atoms with E-state index in [0.29, 0.717) is 6.42 Å². The molecule has 5 aliphatic heterocycles. The normalized spacial score (nSPS) is 27.8. The van der Waals surface area contributed by atoms with Crippen molar-refractivity contribution in [1.29, 1.82) is 0 Å². The average molecular weight is 602 g/mol. The van der Waals surface area contributed by atoms with Gasteiger partial charge in [0.1, 0.15) is 11.8 Å². The van der Waals surface area contributed by atoms with Crippen molar-refractivity contribution in [2.75, 3.05) is 30.4 Å². The number of benzene rings is 1. The molecule has 6 heterocycles. The lowest BCUT2D eigenvalue weighted by Crippen LogP contribution is -2.53. The number of piperidine rings is 1. The Hall–Kier alpha value is -3.73. The molecule has 3 fully saturated rings. The van der Waals surface area contributed by atoms with Crippen LogP contribution in [0, 0.1) is 0 Å². The van der Waals surface area contributed by atoms with E-state index in [1.807, 2.05) is 50.1 Å². The number of carbonyl (C=O) groups is 2. The van der Waals surface area contributed by atoms with Gasteiger partial charge in [-0.15, -0.1) is 10.2 Å². The molecule has 44 heavy (non-hydrogen) atoms. The highest BCUT2D eigenvalue weighted by Crippen LogP contribution is 2.41. The Morgan fingerprint density at radius 3 is 2.55 bits per heavy atom. The Kier molecular flexibility index (Phi) is 7.46. The Labute approximate surface area is 259 Å². The summed E-state index contributed by atoms with van der Waals surface area (Å²) < 4.78 is 11.7. The largest absolute Gasteiger partial charge is 0.444 e. The van der Waals surface area contributed by atoms with Gasteiger partial charge in [0, 0.05) is 49.5 Å². The van der Waals surface area contributed by atoms with E-state index < -0.39 is 5.60 Å². The van der Waals surface area contributed by atoms with Gasteiger partial charge in [0.25, 0.3) is 0 Å². The molecule has 0 saturated carbocycles. The zero-order valence-corrected chi connectivity index (χ0v) is 26.2. The van der Waals surface area contributed by atoms with Crippen molar-refractivity contribution in [2.45, 2.75) is 108 Å². The van der Waals surface area contributed by atoms with Gasteiger partial charge in [0.05, 0.1) is 24.3 Å². The van der Waals surface area contributed by atoms with E-state index in [0.717, 1.165) is 92.0 Å². The number of nitrogens with zero attached hydrogens (tertiary/aromatic N) is 6. The predicted molar refractivity (Wildman–Crippen MR) is 168 cm³/mol. The molecule has 234 valence electrons. The standard InChI is InChI=1S/C33H43N7O4/c1-33(2,3)44-32(42)40-21-8-9-22(40)16-23(15-21)38(4)28-13-12-27(36-37-28)25-11-10-24(26-17-29(41)35-31(25)26)20-18-34-39(19-20)30-7-5-6-14-43-30/h10-13,18,20-23,30H,5-9,14-17,19H2,1-4H3,(H,35,41)/t20?,21-,22+,23?,30?. The SMILES string of the molecule is CN(c1ccc(-c2ccc(C3C=NN(C4CCCCO4)C3)c3c2NC(=O)C3)nn1)C1C[C@H]2CC[C@@H](C1)N2C(=O)OC(C)(C)C. The molecule has 3 saturated heterocycles. The monoisotopic (exact) mass is 601 g/mol. The molecule has 11 heteroatoms. The first-order valence-electron chi connectivity index (χ1n) is 16.1. The summed E-state index contributed by atoms with van der Waals surface area (Å²) in [6, 6.07) is 8.79. The molecule has 0 aliphatic carbocycles. The van der Waals surface area contributed by atoms with Crippen molar-refractivity contribution >= 4 is 29.7 Å². The van der Waals surface area contributed by atoms with E-state index in [2.05, 4.69) is 43.6 Å². The zero-order valence-electron chi connectivity index (χ0n) is 26.2. The van der Waals surface area contributed by atoms with Gasteiger partial charge in [-0.25, -0.2) is 4.79 Å². The lowest BCUT2D eigenvalue weighted by molar-refractivity contribution is -0.115. The highest BCUT2D eigenvalue weighted by molar-refractivity contribution is 6.04. The third kappa shape index (κ3) is 5.50. The van der Waals surface area contributed by atoms with Gasteiger partial charge in [-0.05, 0) is 89.0 Å². The highest BCUT2D eigenvalue weighted by Gasteiger charge is 2.46. The van der Waals surface area contributed by atoms with Crippen molar-refractivity contribution in [3.05, 3.63) is 35.4 Å². The van der Waals surface area contributed by atoms with Crippen LogP contribution in [0.2, 0.25) is 0 Å². The molecule has 1 N–H and O–H groups in total. The summed E-state index contributed by atoms with van der Waals surface area (Å²) >= 11 is 0. The van der Waals surface area contributed by atoms with E-state index in [1.165, 1.54) is 0 Å². The quantitative estimate of drug-likeness (QED) is 0.514. The Bertz CT molecular complexity index is 1440. The van der Waals surface area contributed by atoms with E-state index in [1.54, 1.807) is 0 Å². The molecule has 2 bridgehead atoms. The number of ether oxygens (including phenoxy) is 2. The van der Waals surface area contributed by atoms with Crippen molar-refractivity contribution < 1.29 is 19.1 Å². The molecule has 2 aromatic rings. The molecule has 0 spiro atoms. The summed E-state index contributed by atoms with van der Waals surface area (Å²) in [6.45, 7) is 7.28. The van der Waals surface area contributed by atoms with E-state index >= 15 is 0 Å². The van der Waals surface area contributed by atoms with Crippen LogP contribution in [0.5, 0.6) is 0 Å². The van der Waals surface area contributed by atoms with Crippen molar-refractivity contribution in [3.63, 3.8) is 0 Å². The maximum absolute atomic E-state index is 12.9. The fraction of sp³-hybridized carbons (Fsp3) is 0.606. The Morgan fingerprint density at radius 1 is 1.07 bits per heavy atom. The number of nitrogens with one attached hydrogen (secondary N) is 1. The summed E-state index contributed by atoms with van der Waals surface area (Å²) in [5.41, 5.74) is 4.08. The minimum Gasteiger partial charge on any atom is -0.444 e. The summed E-state index contributed by atoms with van der Waals surface area (Å²) in [7, 11) is 2.06. The van der Waals surface area contributed by atoms with Crippen LogP contribution in [0.15, 0.2) is 29.4 Å². The van der Waals surface area contributed by atoms with Crippen LogP contribution in [-0.4, -0.2) is 88.5 Å². The second-order valence-electron chi connectivity index (χ2n) is 13.9. The number of anilines is 2. The number of fused-ring (bicyclic) bond motifs is 3. The highest BCUT2D eigenvalue weighted by atomic mass is 16.6. The first-order chi connectivity index (χ1) is 21.1. The third-order valence-corrected chi connectivity index (χ3v) is 9.77. The van der Waals surface area contributed by atoms with Gasteiger partial charge in [-0.1, -0.05) is 12.1 Å². The molecule has 1 aromatic carbocycles. The van der Waals surface area contributed by atoms with Gasteiger partial charge < -0.3 is 24.6 Å². The van der Waals surface area contributed by atoms with Gasteiger partial charge in [-0.3, -0.25) is 9.80 Å². The fourth-order valence-corrected chi connectivity index (χ4v) is 7.61. The van der Waals surface area contributed by atoms with Crippen LogP contribution >= 0.6 is 0 Å². The fourth-order valence-electron chi connectivity index (χ4n) is 7.61. The molecule has 1 aromatic heterocycles. The Morgan fingerprint density at radius 2 is 1.86 bits per heavy atom. The van der Waals surface area contributed by atoms with Gasteiger partial charge in [0.15, 0.2) is 5.82 Å². The van der Waals surface area contributed by atoms with Crippen molar-refractivity contribution in [1.82, 2.24) is 20.1 Å². The van der Waals surface area contributed by atoms with Crippen molar-refractivity contribution in [3.8, 4) is 11.3 Å². The first kappa shape index (κ1) is 29.0. The zero-order chi connectivity index (χ0) is 30.6. The first-order valence-corrected chi connectivity index (χ1v) is 16.1. The molecule has 0 radical (unpaired) electrons. The van der Waals surface area contributed by atoms with Crippen molar-refractivity contribution in [2.24, 2.45) is 5.10 Å². The number of aromatic nitrogens is 2. The van der Waals surface area contributed by atoms with E-state index in [4.69, 9.17) is 9.47 Å². The molecule has 2 amide bonds. The lowest BCUT2D eigenvalue weighted by Gasteiger charge is -2.42. The van der Waals surface area contributed by atoms with Crippen LogP contribution in [0.25, 0.3) is 11.3 Å². The molecule has 11 nitrogen and oxygen atoms in total. The molecule has 5 atom stereocenters. The van der Waals surface area contributed by atoms with Gasteiger partial charge in [-0.2, -0.15) is 5.10 Å². The molecule has 7 rings (SSSR count). The van der Waals surface area contributed by atoms with Gasteiger partial charge in [0.2, 0.25) is 5.91 Å². The predicted octanol–water partition coefficient (Wildman–Crippen LogP) is 4.92. The average Bonchev–Trinajstić information content (AvgIpc) is 3.71. The van der Waals surface area contributed by atoms with Gasteiger partial charge >= 0.3 is 6.09 Å². The molecule has 5 aliphatic rings. The number of hydrazone groups is 1. The summed E-state index contributed by atoms with van der Waals surface area (Å²) in [5.74, 6) is 0.899. The third-order valence-electron chi connectivity index (χ3n) is 9.77. The second-order valence-corrected chi connectivity index (χ2v) is 13.9. The summed E-state index contributed by atoms with van der Waals surface area (Å²) in [5, 5.41) is 19.1. The number of carbonyl (C=O) groups excluding carboxylic acids is 2. The number of hydrogen-bond donors (Lipinski definition) is 1. The summed E-state index contributed by atoms with van der Waals surface area (Å²) in [4.78, 5) is 29.7. The minimum atomic E-state index is -0.499. The smallest absolute Gasteiger partial charge is 0.410 e. The number of hydrogen-bond acceptors (Lipinski definition) is 9. The maximum atomic E-state index is 12.9. The van der Waals surface area contributed by atoms with Crippen LogP contribution in [0.3, 0.4) is 0 Å². The molecular weight excluding hydrogens is 558 g/mol. The van der Waals surface area contributed by atoms with Crippen LogP contribution in [-0.2, 0) is 20.7 Å². The molecular formula is C33H43N7O4. The van der Waals surface area contributed by atoms with Crippen LogP contribution in [0.4, 0.5) is 16.3 Å². The lowest BCUT2D eigenvalue weighted by atomic mass is 9.91. The topological polar surface area (TPSA) is 112 Å². The Balaban J connectivity index is 1.05. The minimum absolute atomic E-state index is 0.00669. The van der Waals surface area contributed by atoms with E-state index in [9.17, 15) is 9.59 Å². The molecule has 3 unspecified atom stereocenters. The summed E-state index contributed by atoms with van der Waals surface area (Å²) in [6.07, 6.45) is 9.22. The van der Waals surface area contributed by atoms with Crippen LogP contribution < -0.4 is 10.2 Å². The second kappa shape index (κ2) is 11.3. The van der Waals surface area contributed by atoms with E-state index in [-0.39, 0.29) is 42.3 Å². The maximum Gasteiger partial charge on any atom is 0.410 e. The number of amides is 2.